The molecule has 5 nitrogen and oxygen atoms in total. The highest BCUT2D eigenvalue weighted by atomic mass is 19.4. The molecule has 0 amide bonds. The van der Waals surface area contributed by atoms with Crippen LogP contribution in [0, 0.1) is 0 Å². The summed E-state index contributed by atoms with van der Waals surface area (Å²) in [6.07, 6.45) is 1.01. The molecule has 0 atom stereocenters. The van der Waals surface area contributed by atoms with E-state index in [0.717, 1.165) is 12.1 Å². The zero-order chi connectivity index (χ0) is 20.9. The van der Waals surface area contributed by atoms with Crippen LogP contribution in [0.15, 0.2) is 41.8 Å². The van der Waals surface area contributed by atoms with E-state index in [0.29, 0.717) is 24.1 Å². The highest BCUT2D eigenvalue weighted by Gasteiger charge is 2.34. The van der Waals surface area contributed by atoms with Gasteiger partial charge in [0.15, 0.2) is 0 Å². The first-order valence-electron chi connectivity index (χ1n) is 8.04. The van der Waals surface area contributed by atoms with Crippen molar-refractivity contribution >= 4 is 17.7 Å². The number of allylic oxidation sites excluding steroid dienone is 1. The normalized spacial score (nSPS) is 13.2. The van der Waals surface area contributed by atoms with Crippen LogP contribution < -0.4 is 11.1 Å². The fourth-order valence-electron chi connectivity index (χ4n) is 2.31. The standard InChI is InChI=1S/C18H18F5N5/c1-17(19,20)14-3-11(4-15(5-14)18(21,22)23)7-26-16-27-9-13(10-28-16)12(6-24)8-25-2/h3-6,8-10H,7,24H2,1-2H3,(H,26,27,28). The van der Waals surface area contributed by atoms with E-state index in [1.807, 2.05) is 0 Å². The third kappa shape index (κ3) is 5.48. The molecule has 3 N–H and O–H groups in total. The molecule has 0 aliphatic heterocycles. The molecule has 0 radical (unpaired) electrons. The van der Waals surface area contributed by atoms with Crippen LogP contribution in [-0.4, -0.2) is 23.2 Å². The summed E-state index contributed by atoms with van der Waals surface area (Å²) in [5, 5.41) is 2.72. The average molecular weight is 399 g/mol. The first-order valence-corrected chi connectivity index (χ1v) is 8.04. The van der Waals surface area contributed by atoms with Gasteiger partial charge in [0, 0.05) is 62.0 Å². The fraction of sp³-hybridized carbons (Fsp3) is 0.278. The lowest BCUT2D eigenvalue weighted by molar-refractivity contribution is -0.137. The van der Waals surface area contributed by atoms with Crippen molar-refractivity contribution in [2.75, 3.05) is 12.4 Å². The topological polar surface area (TPSA) is 76.2 Å². The van der Waals surface area contributed by atoms with Gasteiger partial charge in [-0.1, -0.05) is 0 Å². The second-order valence-corrected chi connectivity index (χ2v) is 5.96. The van der Waals surface area contributed by atoms with E-state index in [1.165, 1.54) is 24.8 Å². The molecule has 28 heavy (non-hydrogen) atoms. The fourth-order valence-corrected chi connectivity index (χ4v) is 2.31. The van der Waals surface area contributed by atoms with Gasteiger partial charge >= 0.3 is 6.18 Å². The molecule has 0 spiro atoms. The SMILES string of the molecule is CN=CC(=CN)c1cnc(NCc2cc(C(C)(F)F)cc(C(F)(F)F)c2)nc1. The number of nitrogens with zero attached hydrogens (tertiary/aromatic N) is 3. The van der Waals surface area contributed by atoms with Gasteiger partial charge in [0.05, 0.1) is 5.56 Å². The lowest BCUT2D eigenvalue weighted by atomic mass is 10.0. The third-order valence-electron chi connectivity index (χ3n) is 3.71. The lowest BCUT2D eigenvalue weighted by Crippen LogP contribution is -2.14. The first kappa shape index (κ1) is 21.3. The smallest absolute Gasteiger partial charge is 0.404 e. The average Bonchev–Trinajstić information content (AvgIpc) is 2.63. The second kappa shape index (κ2) is 8.32. The van der Waals surface area contributed by atoms with Crippen LogP contribution >= 0.6 is 0 Å². The predicted molar refractivity (Wildman–Crippen MR) is 97.0 cm³/mol. The van der Waals surface area contributed by atoms with Gasteiger partial charge in [0.25, 0.3) is 5.92 Å². The Kier molecular flexibility index (Phi) is 6.32. The Hall–Kier alpha value is -3.04. The highest BCUT2D eigenvalue weighted by molar-refractivity contribution is 6.09. The molecule has 0 unspecified atom stereocenters. The van der Waals surface area contributed by atoms with Crippen LogP contribution in [0.1, 0.15) is 29.2 Å². The number of hydrogen-bond acceptors (Lipinski definition) is 5. The van der Waals surface area contributed by atoms with Crippen LogP contribution in [0.4, 0.5) is 27.9 Å². The Labute approximate surface area is 158 Å². The van der Waals surface area contributed by atoms with Gasteiger partial charge in [0.2, 0.25) is 5.95 Å². The summed E-state index contributed by atoms with van der Waals surface area (Å²) >= 11 is 0. The molecule has 10 heteroatoms. The van der Waals surface area contributed by atoms with Crippen molar-refractivity contribution in [1.29, 1.82) is 0 Å². The number of benzene rings is 1. The summed E-state index contributed by atoms with van der Waals surface area (Å²) in [7, 11) is 1.57. The molecule has 150 valence electrons. The van der Waals surface area contributed by atoms with Gasteiger partial charge in [0.1, 0.15) is 0 Å². The van der Waals surface area contributed by atoms with Crippen molar-refractivity contribution in [2.45, 2.75) is 25.6 Å². The molecular weight excluding hydrogens is 381 g/mol. The molecule has 2 aromatic rings. The van der Waals surface area contributed by atoms with Gasteiger partial charge in [-0.25, -0.2) is 18.7 Å². The van der Waals surface area contributed by atoms with E-state index in [-0.39, 0.29) is 18.1 Å². The summed E-state index contributed by atoms with van der Waals surface area (Å²) < 4.78 is 66.1. The number of nitrogens with two attached hydrogens (primary N) is 1. The van der Waals surface area contributed by atoms with Gasteiger partial charge in [-0.3, -0.25) is 4.99 Å². The number of nitrogens with one attached hydrogen (secondary N) is 1. The molecule has 2 rings (SSSR count). The number of hydrogen-bond donors (Lipinski definition) is 2. The van der Waals surface area contributed by atoms with Crippen LogP contribution in [0.3, 0.4) is 0 Å². The number of halogens is 5. The first-order chi connectivity index (χ1) is 13.0. The van der Waals surface area contributed by atoms with E-state index in [9.17, 15) is 22.0 Å². The molecule has 0 aliphatic rings. The zero-order valence-corrected chi connectivity index (χ0v) is 15.1. The Morgan fingerprint density at radius 3 is 2.21 bits per heavy atom. The Morgan fingerprint density at radius 1 is 1.11 bits per heavy atom. The molecule has 0 fully saturated rings. The number of aliphatic imine (C=N–C) groups is 1. The summed E-state index contributed by atoms with van der Waals surface area (Å²) in [5.41, 5.74) is 4.83. The number of aromatic nitrogens is 2. The monoisotopic (exact) mass is 399 g/mol. The predicted octanol–water partition coefficient (Wildman–Crippen LogP) is 4.22. The number of alkyl halides is 5. The van der Waals surface area contributed by atoms with Crippen LogP contribution in [0.2, 0.25) is 0 Å². The van der Waals surface area contributed by atoms with E-state index in [1.54, 1.807) is 7.05 Å². The maximum atomic E-state index is 13.5. The van der Waals surface area contributed by atoms with E-state index < -0.39 is 23.2 Å². The maximum Gasteiger partial charge on any atom is 0.416 e. The van der Waals surface area contributed by atoms with Crippen molar-refractivity contribution in [3.63, 3.8) is 0 Å². The quantitative estimate of drug-likeness (QED) is 0.563. The summed E-state index contributed by atoms with van der Waals surface area (Å²) in [6.45, 7) is 0.381. The van der Waals surface area contributed by atoms with Crippen molar-refractivity contribution in [3.8, 4) is 0 Å². The lowest BCUT2D eigenvalue weighted by Gasteiger charge is -2.16. The molecular formula is C18H18F5N5. The van der Waals surface area contributed by atoms with Crippen LogP contribution in [0.25, 0.3) is 5.57 Å². The molecule has 1 aromatic carbocycles. The Morgan fingerprint density at radius 2 is 1.71 bits per heavy atom. The van der Waals surface area contributed by atoms with E-state index >= 15 is 0 Å². The summed E-state index contributed by atoms with van der Waals surface area (Å²) in [5.74, 6) is -3.28. The van der Waals surface area contributed by atoms with Crippen LogP contribution in [-0.2, 0) is 18.6 Å². The van der Waals surface area contributed by atoms with Gasteiger partial charge in [-0.05, 0) is 23.8 Å². The maximum absolute atomic E-state index is 13.5. The van der Waals surface area contributed by atoms with Gasteiger partial charge in [-0.15, -0.1) is 0 Å². The van der Waals surface area contributed by atoms with Crippen LogP contribution in [0.5, 0.6) is 0 Å². The molecule has 0 saturated heterocycles. The second-order valence-electron chi connectivity index (χ2n) is 5.96. The van der Waals surface area contributed by atoms with Gasteiger partial charge in [-0.2, -0.15) is 13.2 Å². The van der Waals surface area contributed by atoms with Gasteiger partial charge < -0.3 is 11.1 Å². The van der Waals surface area contributed by atoms with Crippen molar-refractivity contribution in [2.24, 2.45) is 10.7 Å². The van der Waals surface area contributed by atoms with E-state index in [2.05, 4.69) is 20.3 Å². The Balaban J connectivity index is 2.22. The number of anilines is 1. The zero-order valence-electron chi connectivity index (χ0n) is 15.1. The van der Waals surface area contributed by atoms with Crippen molar-refractivity contribution in [1.82, 2.24) is 9.97 Å². The Bertz CT molecular complexity index is 835. The largest absolute Gasteiger partial charge is 0.416 e. The third-order valence-corrected chi connectivity index (χ3v) is 3.71. The molecule has 0 aliphatic carbocycles. The van der Waals surface area contributed by atoms with E-state index in [4.69, 9.17) is 5.73 Å². The molecule has 1 aromatic heterocycles. The van der Waals surface area contributed by atoms with Crippen molar-refractivity contribution in [3.05, 3.63) is 59.0 Å². The number of rotatable bonds is 6. The summed E-state index contributed by atoms with van der Waals surface area (Å²) in [6, 6.07) is 2.28. The summed E-state index contributed by atoms with van der Waals surface area (Å²) in [4.78, 5) is 11.9. The minimum Gasteiger partial charge on any atom is -0.404 e. The molecule has 0 saturated carbocycles. The molecule has 1 heterocycles. The highest BCUT2D eigenvalue weighted by Crippen LogP contribution is 2.35. The van der Waals surface area contributed by atoms with Crippen molar-refractivity contribution < 1.29 is 22.0 Å². The minimum atomic E-state index is -4.74. The molecule has 0 bridgehead atoms. The minimum absolute atomic E-state index is 0.0275.